The molecule has 0 amide bonds. The summed E-state index contributed by atoms with van der Waals surface area (Å²) in [5, 5.41) is 8.44. The normalized spacial score (nSPS) is 12.3. The van der Waals surface area contributed by atoms with Gasteiger partial charge in [-0.2, -0.15) is 4.98 Å². The van der Waals surface area contributed by atoms with Crippen LogP contribution >= 0.6 is 0 Å². The average molecular weight is 198 g/mol. The molecule has 1 aromatic rings. The molecule has 9 heteroatoms. The number of nitrogens with two attached hydrogens (primary N) is 1. The second kappa shape index (κ2) is 2.75. The maximum atomic E-state index is 11.8. The van der Waals surface area contributed by atoms with Gasteiger partial charge in [0.15, 0.2) is 5.82 Å². The third kappa shape index (κ3) is 1.74. The highest BCUT2D eigenvalue weighted by atomic mass is 32.2. The van der Waals surface area contributed by atoms with Crippen molar-refractivity contribution in [2.75, 3.05) is 0 Å². The van der Waals surface area contributed by atoms with E-state index in [0.29, 0.717) is 0 Å². The van der Waals surface area contributed by atoms with Gasteiger partial charge in [-0.1, -0.05) is 0 Å². The van der Waals surface area contributed by atoms with Crippen LogP contribution in [0.25, 0.3) is 0 Å². The minimum atomic E-state index is -4.10. The van der Waals surface area contributed by atoms with Gasteiger partial charge in [-0.3, -0.25) is 5.10 Å². The van der Waals surface area contributed by atoms with E-state index in [2.05, 4.69) is 15.2 Å². The predicted octanol–water partition coefficient (Wildman–Crippen LogP) is -0.610. The molecule has 1 rings (SSSR count). The zero-order valence-corrected chi connectivity index (χ0v) is 6.35. The molecule has 0 aliphatic heterocycles. The summed E-state index contributed by atoms with van der Waals surface area (Å²) in [5.74, 6) is -0.820. The van der Waals surface area contributed by atoms with Gasteiger partial charge in [0.05, 0.1) is 0 Å². The molecule has 1 heterocycles. The number of nitrogens with zero attached hydrogens (tertiary/aromatic N) is 2. The molecule has 1 aromatic heterocycles. The molecule has 0 aliphatic rings. The second-order valence-electron chi connectivity index (χ2n) is 1.85. The van der Waals surface area contributed by atoms with Crippen LogP contribution in [0, 0.1) is 0 Å². The number of hydrogen-bond acceptors (Lipinski definition) is 4. The summed E-state index contributed by atoms with van der Waals surface area (Å²) in [6, 6.07) is 0. The van der Waals surface area contributed by atoms with E-state index < -0.39 is 27.4 Å². The zero-order valence-electron chi connectivity index (χ0n) is 5.53. The number of rotatable bonds is 2. The summed E-state index contributed by atoms with van der Waals surface area (Å²) < 4.78 is 44.5. The Morgan fingerprint density at radius 3 is 2.33 bits per heavy atom. The lowest BCUT2D eigenvalue weighted by atomic mass is 10.7. The number of aromatic nitrogens is 3. The van der Waals surface area contributed by atoms with E-state index >= 15 is 0 Å². The molecule has 0 saturated carbocycles. The van der Waals surface area contributed by atoms with Crippen molar-refractivity contribution in [3.8, 4) is 0 Å². The van der Waals surface area contributed by atoms with Gasteiger partial charge in [0, 0.05) is 0 Å². The second-order valence-corrected chi connectivity index (χ2v) is 3.30. The lowest BCUT2D eigenvalue weighted by Crippen LogP contribution is -2.13. The van der Waals surface area contributed by atoms with Crippen LogP contribution in [0.3, 0.4) is 0 Å². The van der Waals surface area contributed by atoms with Crippen molar-refractivity contribution in [2.24, 2.45) is 5.14 Å². The van der Waals surface area contributed by atoms with Crippen molar-refractivity contribution in [3.63, 3.8) is 0 Å². The van der Waals surface area contributed by atoms with Crippen LogP contribution in [0.2, 0.25) is 0 Å². The first kappa shape index (κ1) is 9.00. The maximum absolute atomic E-state index is 11.8. The van der Waals surface area contributed by atoms with Crippen molar-refractivity contribution in [1.82, 2.24) is 15.2 Å². The summed E-state index contributed by atoms with van der Waals surface area (Å²) in [4.78, 5) is 2.95. The monoisotopic (exact) mass is 198 g/mol. The maximum Gasteiger partial charge on any atom is 0.296 e. The van der Waals surface area contributed by atoms with Crippen LogP contribution in [0.1, 0.15) is 12.2 Å². The van der Waals surface area contributed by atoms with Gasteiger partial charge < -0.3 is 0 Å². The molecule has 0 spiro atoms. The van der Waals surface area contributed by atoms with E-state index in [9.17, 15) is 17.2 Å². The molecule has 0 radical (unpaired) electrons. The fraction of sp³-hybridized carbons (Fsp3) is 0.333. The highest BCUT2D eigenvalue weighted by molar-refractivity contribution is 7.89. The van der Waals surface area contributed by atoms with Crippen molar-refractivity contribution in [2.45, 2.75) is 11.6 Å². The fourth-order valence-electron chi connectivity index (χ4n) is 0.483. The molecule has 0 aromatic carbocycles. The molecular formula is C3H4F2N4O2S. The van der Waals surface area contributed by atoms with Crippen molar-refractivity contribution in [3.05, 3.63) is 5.82 Å². The minimum Gasteiger partial charge on any atom is -0.257 e. The summed E-state index contributed by atoms with van der Waals surface area (Å²) in [6.45, 7) is 0. The highest BCUT2D eigenvalue weighted by Gasteiger charge is 2.18. The predicted molar refractivity (Wildman–Crippen MR) is 32.7 cm³/mol. The number of nitrogens with one attached hydrogen (secondary N) is 1. The minimum absolute atomic E-state index is 0.820. The van der Waals surface area contributed by atoms with Gasteiger partial charge in [0.25, 0.3) is 21.6 Å². The van der Waals surface area contributed by atoms with E-state index in [4.69, 9.17) is 0 Å². The van der Waals surface area contributed by atoms with Gasteiger partial charge in [0.1, 0.15) is 0 Å². The smallest absolute Gasteiger partial charge is 0.257 e. The van der Waals surface area contributed by atoms with Crippen molar-refractivity contribution in [1.29, 1.82) is 0 Å². The first-order valence-electron chi connectivity index (χ1n) is 2.64. The quantitative estimate of drug-likeness (QED) is 0.661. The first-order valence-corrected chi connectivity index (χ1v) is 4.19. The molecule has 3 N–H and O–H groups in total. The molecule has 0 atom stereocenters. The van der Waals surface area contributed by atoms with Crippen LogP contribution in [0.15, 0.2) is 5.16 Å². The standard InChI is InChI=1S/C3H4F2N4O2S/c4-1(5)2-7-3(9-8-2)12(6,10)11/h1H,(H2,6,10,11)(H,7,8,9). The molecular weight excluding hydrogens is 194 g/mol. The largest absolute Gasteiger partial charge is 0.296 e. The van der Waals surface area contributed by atoms with Crippen LogP contribution in [-0.4, -0.2) is 23.6 Å². The van der Waals surface area contributed by atoms with Gasteiger partial charge >= 0.3 is 0 Å². The average Bonchev–Trinajstić information content (AvgIpc) is 2.30. The lowest BCUT2D eigenvalue weighted by Gasteiger charge is -1.87. The molecule has 68 valence electrons. The Hall–Kier alpha value is -1.09. The first-order chi connectivity index (χ1) is 5.41. The van der Waals surface area contributed by atoms with Crippen LogP contribution < -0.4 is 5.14 Å². The summed E-state index contributed by atoms with van der Waals surface area (Å²) in [5.41, 5.74) is 0. The van der Waals surface area contributed by atoms with E-state index in [0.717, 1.165) is 0 Å². The van der Waals surface area contributed by atoms with E-state index in [1.54, 1.807) is 5.10 Å². The number of H-pyrrole nitrogens is 1. The number of hydrogen-bond donors (Lipinski definition) is 2. The number of aromatic amines is 1. The molecule has 0 aliphatic carbocycles. The van der Waals surface area contributed by atoms with E-state index in [1.807, 2.05) is 0 Å². The third-order valence-corrected chi connectivity index (χ3v) is 1.63. The summed E-state index contributed by atoms with van der Waals surface area (Å²) >= 11 is 0. The van der Waals surface area contributed by atoms with Crippen LogP contribution in [-0.2, 0) is 10.0 Å². The Kier molecular flexibility index (Phi) is 2.06. The third-order valence-electron chi connectivity index (χ3n) is 0.943. The number of primary sulfonamides is 1. The molecule has 0 saturated heterocycles. The Balaban J connectivity index is 3.09. The summed E-state index contributed by atoms with van der Waals surface area (Å²) in [7, 11) is -4.10. The lowest BCUT2D eigenvalue weighted by molar-refractivity contribution is 0.140. The number of sulfonamides is 1. The van der Waals surface area contributed by atoms with Crippen LogP contribution in [0.5, 0.6) is 0 Å². The summed E-state index contributed by atoms with van der Waals surface area (Å²) in [6.07, 6.45) is -2.90. The fourth-order valence-corrected chi connectivity index (χ4v) is 0.881. The zero-order chi connectivity index (χ0) is 9.35. The molecule has 12 heavy (non-hydrogen) atoms. The van der Waals surface area contributed by atoms with Crippen LogP contribution in [0.4, 0.5) is 8.78 Å². The van der Waals surface area contributed by atoms with Gasteiger partial charge in [-0.25, -0.2) is 22.3 Å². The number of halogens is 2. The Morgan fingerprint density at radius 2 is 2.08 bits per heavy atom. The van der Waals surface area contributed by atoms with Crippen molar-refractivity contribution >= 4 is 10.0 Å². The van der Waals surface area contributed by atoms with Gasteiger partial charge in [-0.15, -0.1) is 5.10 Å². The van der Waals surface area contributed by atoms with E-state index in [-0.39, 0.29) is 0 Å². The Labute approximate surface area is 65.8 Å². The van der Waals surface area contributed by atoms with E-state index in [1.165, 1.54) is 0 Å². The highest BCUT2D eigenvalue weighted by Crippen LogP contribution is 2.13. The SMILES string of the molecule is NS(=O)(=O)c1n[nH]c(C(F)F)n1. The Morgan fingerprint density at radius 1 is 1.50 bits per heavy atom. The Bertz CT molecular complexity index is 371. The molecule has 0 bridgehead atoms. The topological polar surface area (TPSA) is 102 Å². The molecule has 6 nitrogen and oxygen atoms in total. The van der Waals surface area contributed by atoms with Crippen molar-refractivity contribution < 1.29 is 17.2 Å². The van der Waals surface area contributed by atoms with Gasteiger partial charge in [0.2, 0.25) is 0 Å². The van der Waals surface area contributed by atoms with Gasteiger partial charge in [-0.05, 0) is 0 Å². The molecule has 0 unspecified atom stereocenters. The molecule has 0 fully saturated rings. The number of alkyl halides is 2.